The molecular weight excluding hydrogens is 609 g/mol. The van der Waals surface area contributed by atoms with Crippen LogP contribution in [0.3, 0.4) is 0 Å². The summed E-state index contributed by atoms with van der Waals surface area (Å²) in [5, 5.41) is 18.2. The van der Waals surface area contributed by atoms with Crippen LogP contribution in [0.25, 0.3) is 0 Å². The van der Waals surface area contributed by atoms with E-state index in [4.69, 9.17) is 21.2 Å². The van der Waals surface area contributed by atoms with E-state index in [2.05, 4.69) is 15.9 Å². The third-order valence-electron chi connectivity index (χ3n) is 7.21. The lowest BCUT2D eigenvalue weighted by atomic mass is 9.83. The number of hydrogen-bond acceptors (Lipinski definition) is 9. The van der Waals surface area contributed by atoms with Crippen LogP contribution >= 0.6 is 11.6 Å². The predicted octanol–water partition coefficient (Wildman–Crippen LogP) is 2.99. The van der Waals surface area contributed by atoms with Crippen LogP contribution in [0.2, 0.25) is 5.15 Å². The van der Waals surface area contributed by atoms with Gasteiger partial charge in [0.1, 0.15) is 34.5 Å². The van der Waals surface area contributed by atoms with Gasteiger partial charge in [0, 0.05) is 23.8 Å². The molecule has 2 aliphatic rings. The van der Waals surface area contributed by atoms with Crippen LogP contribution in [0.5, 0.6) is 5.75 Å². The Kier molecular flexibility index (Phi) is 8.01. The monoisotopic (exact) mass is 637 g/mol. The number of fused-ring (bicyclic) bond motifs is 1. The van der Waals surface area contributed by atoms with Gasteiger partial charge in [0.2, 0.25) is 0 Å². The summed E-state index contributed by atoms with van der Waals surface area (Å²) in [6, 6.07) is 3.22. The molecule has 1 saturated heterocycles. The molecule has 2 aliphatic heterocycles. The van der Waals surface area contributed by atoms with Gasteiger partial charge in [0.15, 0.2) is 5.15 Å². The molecule has 0 bridgehead atoms. The highest BCUT2D eigenvalue weighted by atomic mass is 35.5. The third kappa shape index (κ3) is 5.64. The molecule has 3 heterocycles. The zero-order valence-electron chi connectivity index (χ0n) is 23.2. The summed E-state index contributed by atoms with van der Waals surface area (Å²) in [6.45, 7) is 6.54. The van der Waals surface area contributed by atoms with Crippen molar-refractivity contribution in [2.24, 2.45) is 5.41 Å². The minimum Gasteiger partial charge on any atom is -0.530 e. The van der Waals surface area contributed by atoms with Crippen LogP contribution in [-0.4, -0.2) is 60.9 Å². The topological polar surface area (TPSA) is 158 Å². The fraction of sp³-hybridized carbons (Fsp3) is 0.542. The lowest BCUT2D eigenvalue weighted by molar-refractivity contribution is -0.254. The maximum atomic E-state index is 14.0. The Bertz CT molecular complexity index is 1500. The van der Waals surface area contributed by atoms with E-state index in [1.54, 1.807) is 20.8 Å². The molecule has 2 amide bonds. The molecule has 1 aromatic heterocycles. The Morgan fingerprint density at radius 1 is 1.26 bits per heavy atom. The van der Waals surface area contributed by atoms with E-state index >= 15 is 0 Å². The van der Waals surface area contributed by atoms with Gasteiger partial charge in [0.25, 0.3) is 10.0 Å². The second-order valence-corrected chi connectivity index (χ2v) is 13.2. The molecular formula is C24H29ClF3N6O7S-. The molecule has 2 atom stereocenters. The van der Waals surface area contributed by atoms with Crippen molar-refractivity contribution in [2.75, 3.05) is 15.7 Å². The number of rotatable bonds is 8. The van der Waals surface area contributed by atoms with E-state index < -0.39 is 57.3 Å². The number of alkyl halides is 3. The molecule has 1 unspecified atom stereocenters. The zero-order valence-corrected chi connectivity index (χ0v) is 24.7. The molecule has 1 fully saturated rings. The van der Waals surface area contributed by atoms with E-state index in [9.17, 15) is 36.3 Å². The Balaban J connectivity index is 1.82. The normalized spacial score (nSPS) is 19.5. The number of aromatic nitrogens is 2. The number of carboxylic acid groups (broad SMARTS) is 1. The van der Waals surface area contributed by atoms with Crippen molar-refractivity contribution in [1.82, 2.24) is 20.6 Å². The quantitative estimate of drug-likeness (QED) is 0.444. The van der Waals surface area contributed by atoms with Gasteiger partial charge in [-0.05, 0) is 45.4 Å². The van der Waals surface area contributed by atoms with Gasteiger partial charge < -0.3 is 29.7 Å². The van der Waals surface area contributed by atoms with Crippen LogP contribution < -0.4 is 29.8 Å². The van der Waals surface area contributed by atoms with Crippen LogP contribution in [0.15, 0.2) is 29.3 Å². The highest BCUT2D eigenvalue weighted by Crippen LogP contribution is 2.45. The van der Waals surface area contributed by atoms with Gasteiger partial charge in [-0.1, -0.05) is 25.4 Å². The van der Waals surface area contributed by atoms with Crippen LogP contribution in [-0.2, 0) is 21.4 Å². The number of hydroxylamine groups is 1. The number of aryl methyl sites for hydroxylation is 1. The molecule has 42 heavy (non-hydrogen) atoms. The summed E-state index contributed by atoms with van der Waals surface area (Å²) >= 11 is 6.18. The first kappa shape index (κ1) is 31.5. The summed E-state index contributed by atoms with van der Waals surface area (Å²) in [5.74, 6) is -0.0452. The van der Waals surface area contributed by atoms with Crippen LogP contribution in [0, 0.1) is 5.41 Å². The number of anilines is 2. The highest BCUT2D eigenvalue weighted by Gasteiger charge is 2.52. The van der Waals surface area contributed by atoms with Crippen molar-refractivity contribution < 1.29 is 45.9 Å². The minimum atomic E-state index is -5.00. The molecule has 2 aromatic rings. The van der Waals surface area contributed by atoms with E-state index in [0.29, 0.717) is 20.4 Å². The molecule has 0 radical (unpaired) electrons. The Labute approximate surface area is 244 Å². The summed E-state index contributed by atoms with van der Waals surface area (Å²) < 4.78 is 77.9. The first-order valence-corrected chi connectivity index (χ1v) is 14.5. The average molecular weight is 638 g/mol. The SMILES string of the molecule is CCn1cc(S(=O)(=O)N2C[C@H](CC(C)(C)C3NOC(=O)N3)Oc3ccc(N(C(=O)[O-])C(C)(C)C(F)(F)F)cc32)c(Cl)n1. The van der Waals surface area contributed by atoms with Crippen molar-refractivity contribution in [3.63, 3.8) is 0 Å². The lowest BCUT2D eigenvalue weighted by Crippen LogP contribution is -2.60. The summed E-state index contributed by atoms with van der Waals surface area (Å²) in [7, 11) is -4.51. The van der Waals surface area contributed by atoms with Gasteiger partial charge in [-0.3, -0.25) is 8.99 Å². The molecule has 232 valence electrons. The molecule has 0 spiro atoms. The lowest BCUT2D eigenvalue weighted by Gasteiger charge is -2.43. The molecule has 18 heteroatoms. The summed E-state index contributed by atoms with van der Waals surface area (Å²) in [6.07, 6.45) is -7.96. The van der Waals surface area contributed by atoms with Gasteiger partial charge in [0.05, 0.1) is 12.2 Å². The zero-order chi connectivity index (χ0) is 31.4. The largest absolute Gasteiger partial charge is 0.530 e. The number of ether oxygens (including phenoxy) is 1. The number of hydrogen-bond donors (Lipinski definition) is 2. The molecule has 2 N–H and O–H groups in total. The van der Waals surface area contributed by atoms with Crippen LogP contribution in [0.1, 0.15) is 41.0 Å². The maximum Gasteiger partial charge on any atom is 0.427 e. The second-order valence-electron chi connectivity index (χ2n) is 11.0. The fourth-order valence-corrected chi connectivity index (χ4v) is 6.69. The number of carbonyl (C=O) groups excluding carboxylic acids is 2. The Morgan fingerprint density at radius 2 is 1.93 bits per heavy atom. The van der Waals surface area contributed by atoms with Crippen molar-refractivity contribution in [2.45, 2.75) is 76.5 Å². The number of amides is 2. The van der Waals surface area contributed by atoms with E-state index in [1.807, 2.05) is 0 Å². The number of benzene rings is 1. The minimum absolute atomic E-state index is 0.00378. The number of halogens is 4. The molecule has 0 saturated carbocycles. The summed E-state index contributed by atoms with van der Waals surface area (Å²) in [4.78, 5) is 27.9. The number of carbonyl (C=O) groups is 2. The highest BCUT2D eigenvalue weighted by molar-refractivity contribution is 7.93. The van der Waals surface area contributed by atoms with Crippen molar-refractivity contribution in [3.05, 3.63) is 29.5 Å². The second kappa shape index (κ2) is 10.7. The van der Waals surface area contributed by atoms with Gasteiger partial charge in [-0.2, -0.15) is 18.3 Å². The number of sulfonamides is 1. The predicted molar refractivity (Wildman–Crippen MR) is 141 cm³/mol. The molecule has 4 rings (SSSR count). The Morgan fingerprint density at radius 3 is 2.45 bits per heavy atom. The van der Waals surface area contributed by atoms with Crippen molar-refractivity contribution in [1.29, 1.82) is 0 Å². The first-order chi connectivity index (χ1) is 19.3. The van der Waals surface area contributed by atoms with Gasteiger partial charge in [-0.25, -0.2) is 13.2 Å². The number of nitrogens with zero attached hydrogens (tertiary/aromatic N) is 4. The fourth-order valence-electron chi connectivity index (χ4n) is 4.74. The number of nitrogens with one attached hydrogen (secondary N) is 2. The van der Waals surface area contributed by atoms with Gasteiger partial charge in [-0.15, -0.1) is 5.48 Å². The van der Waals surface area contributed by atoms with Gasteiger partial charge >= 0.3 is 12.3 Å². The smallest absolute Gasteiger partial charge is 0.427 e. The van der Waals surface area contributed by atoms with E-state index in [-0.39, 0.29) is 39.4 Å². The molecule has 13 nitrogen and oxygen atoms in total. The van der Waals surface area contributed by atoms with Crippen molar-refractivity contribution >= 4 is 45.2 Å². The average Bonchev–Trinajstić information content (AvgIpc) is 3.48. The third-order valence-corrected chi connectivity index (χ3v) is 9.38. The maximum absolute atomic E-state index is 14.0. The first-order valence-electron chi connectivity index (χ1n) is 12.7. The summed E-state index contributed by atoms with van der Waals surface area (Å²) in [5.41, 5.74) is -1.84. The van der Waals surface area contributed by atoms with Crippen molar-refractivity contribution in [3.8, 4) is 5.75 Å². The molecule has 1 aromatic carbocycles. The van der Waals surface area contributed by atoms with E-state index in [1.165, 1.54) is 16.9 Å². The standard InChI is InChI=1S/C24H30ClF3N6O7S/c1-6-32-12-17(18(25)30-32)42(38,39)33-11-14(10-22(2,3)19-29-20(35)41-31-19)40-16-8-7-13(9-15(16)33)34(21(36)37)23(4,5)24(26,27)28/h7-9,12,14,19,31H,6,10-11H2,1-5H3,(H,29,35)(H,36,37)/p-1/t14-,19?/m0/s1. The van der Waals surface area contributed by atoms with E-state index in [0.717, 1.165) is 16.4 Å². The molecule has 0 aliphatic carbocycles. The van der Waals surface area contributed by atoms with Crippen LogP contribution in [0.4, 0.5) is 34.1 Å². The Hall–Kier alpha value is -3.44.